The first-order valence-electron chi connectivity index (χ1n) is 7.75. The van der Waals surface area contributed by atoms with E-state index in [1.54, 1.807) is 0 Å². The molecular weight excluding hydrogens is 270 g/mol. The van der Waals surface area contributed by atoms with E-state index in [0.717, 1.165) is 19.3 Å². The van der Waals surface area contributed by atoms with Gasteiger partial charge in [0.1, 0.15) is 0 Å². The Bertz CT molecular complexity index is 842. The summed E-state index contributed by atoms with van der Waals surface area (Å²) in [5, 5.41) is 4.06. The van der Waals surface area contributed by atoms with Gasteiger partial charge >= 0.3 is 0 Å². The number of nitrogens with zero attached hydrogens (tertiary/aromatic N) is 3. The van der Waals surface area contributed by atoms with E-state index in [9.17, 15) is 0 Å². The molecule has 0 spiro atoms. The van der Waals surface area contributed by atoms with Crippen LogP contribution in [0, 0.1) is 0 Å². The summed E-state index contributed by atoms with van der Waals surface area (Å²) in [6, 6.07) is 13.0. The Morgan fingerprint density at radius 3 is 2.73 bits per heavy atom. The van der Waals surface area contributed by atoms with Crippen molar-refractivity contribution in [3.05, 3.63) is 75.2 Å². The molecule has 108 valence electrons. The second kappa shape index (κ2) is 5.04. The summed E-state index contributed by atoms with van der Waals surface area (Å²) >= 11 is 0. The highest BCUT2D eigenvalue weighted by molar-refractivity contribution is 5.80. The minimum atomic E-state index is -0.0658. The predicted molar refractivity (Wildman–Crippen MR) is 89.4 cm³/mol. The number of aryl methyl sites for hydroxylation is 1. The van der Waals surface area contributed by atoms with Crippen molar-refractivity contribution >= 4 is 5.57 Å². The number of fused-ring (bicyclic) bond motifs is 5. The van der Waals surface area contributed by atoms with Gasteiger partial charge in [0.15, 0.2) is 0 Å². The van der Waals surface area contributed by atoms with Gasteiger partial charge in [-0.3, -0.25) is 0 Å². The van der Waals surface area contributed by atoms with Gasteiger partial charge in [-0.1, -0.05) is 47.6 Å². The van der Waals surface area contributed by atoms with E-state index in [0.29, 0.717) is 0 Å². The van der Waals surface area contributed by atoms with E-state index in [4.69, 9.17) is 5.53 Å². The van der Waals surface area contributed by atoms with Crippen LogP contribution in [0.1, 0.15) is 41.6 Å². The zero-order chi connectivity index (χ0) is 15.1. The van der Waals surface area contributed by atoms with Crippen LogP contribution in [0.5, 0.6) is 0 Å². The van der Waals surface area contributed by atoms with Crippen LogP contribution in [-0.4, -0.2) is 0 Å². The molecule has 0 saturated heterocycles. The highest BCUT2D eigenvalue weighted by atomic mass is 15.1. The van der Waals surface area contributed by atoms with Crippen LogP contribution in [0.3, 0.4) is 0 Å². The molecule has 0 heterocycles. The number of hydrogen-bond acceptors (Lipinski definition) is 1. The van der Waals surface area contributed by atoms with Crippen molar-refractivity contribution in [2.75, 3.05) is 0 Å². The lowest BCUT2D eigenvalue weighted by atomic mass is 9.77. The van der Waals surface area contributed by atoms with Crippen molar-refractivity contribution in [1.82, 2.24) is 0 Å². The molecule has 22 heavy (non-hydrogen) atoms. The summed E-state index contributed by atoms with van der Waals surface area (Å²) in [5.41, 5.74) is 18.1. The largest absolute Gasteiger partial charge is 0.0856 e. The second-order valence-corrected chi connectivity index (χ2v) is 6.05. The molecule has 0 bridgehead atoms. The van der Waals surface area contributed by atoms with E-state index >= 15 is 0 Å². The molecule has 0 aromatic heterocycles. The number of rotatable bonds is 1. The molecule has 0 aliphatic heterocycles. The quantitative estimate of drug-likeness (QED) is 0.372. The van der Waals surface area contributed by atoms with Gasteiger partial charge in [-0.05, 0) is 70.7 Å². The topological polar surface area (TPSA) is 48.8 Å². The summed E-state index contributed by atoms with van der Waals surface area (Å²) in [7, 11) is 0. The van der Waals surface area contributed by atoms with Crippen molar-refractivity contribution in [3.8, 4) is 11.1 Å². The Morgan fingerprint density at radius 1 is 1.05 bits per heavy atom. The zero-order valence-corrected chi connectivity index (χ0v) is 12.6. The fourth-order valence-corrected chi connectivity index (χ4v) is 3.86. The van der Waals surface area contributed by atoms with Crippen LogP contribution in [0.15, 0.2) is 47.6 Å². The number of hydrogen-bond donors (Lipinski definition) is 0. The van der Waals surface area contributed by atoms with E-state index in [-0.39, 0.29) is 6.04 Å². The first-order chi connectivity index (χ1) is 10.8. The average molecular weight is 287 g/mol. The molecule has 0 fully saturated rings. The third kappa shape index (κ3) is 1.87. The first-order valence-corrected chi connectivity index (χ1v) is 7.75. The maximum Gasteiger partial charge on any atom is 0.0668 e. The predicted octanol–water partition coefficient (Wildman–Crippen LogP) is 5.61. The number of azide groups is 1. The third-order valence-corrected chi connectivity index (χ3v) is 4.91. The van der Waals surface area contributed by atoms with Gasteiger partial charge in [0, 0.05) is 4.91 Å². The van der Waals surface area contributed by atoms with Gasteiger partial charge in [-0.2, -0.15) is 0 Å². The minimum absolute atomic E-state index is 0.0658. The molecule has 1 unspecified atom stereocenters. The van der Waals surface area contributed by atoms with Crippen molar-refractivity contribution in [2.45, 2.75) is 32.2 Å². The molecule has 0 amide bonds. The molecule has 2 aliphatic carbocycles. The maximum atomic E-state index is 8.91. The van der Waals surface area contributed by atoms with Gasteiger partial charge in [0.25, 0.3) is 0 Å². The van der Waals surface area contributed by atoms with Gasteiger partial charge in [-0.15, -0.1) is 0 Å². The van der Waals surface area contributed by atoms with Gasteiger partial charge in [0.05, 0.1) is 6.04 Å². The normalized spacial score (nSPS) is 18.4. The fourth-order valence-electron chi connectivity index (χ4n) is 3.86. The van der Waals surface area contributed by atoms with Crippen molar-refractivity contribution in [2.24, 2.45) is 5.11 Å². The Balaban J connectivity index is 2.00. The van der Waals surface area contributed by atoms with Crippen molar-refractivity contribution in [3.63, 3.8) is 0 Å². The van der Waals surface area contributed by atoms with Crippen LogP contribution in [0.4, 0.5) is 0 Å². The highest BCUT2D eigenvalue weighted by Gasteiger charge is 2.26. The summed E-state index contributed by atoms with van der Waals surface area (Å²) in [5.74, 6) is 0. The van der Waals surface area contributed by atoms with Crippen LogP contribution < -0.4 is 0 Å². The third-order valence-electron chi connectivity index (χ3n) is 4.91. The first kappa shape index (κ1) is 13.2. The summed E-state index contributed by atoms with van der Waals surface area (Å²) in [4.78, 5) is 3.07. The number of benzene rings is 2. The van der Waals surface area contributed by atoms with E-state index in [2.05, 4.69) is 59.4 Å². The molecule has 2 aliphatic rings. The molecule has 3 nitrogen and oxygen atoms in total. The van der Waals surface area contributed by atoms with Crippen LogP contribution in [0.25, 0.3) is 27.1 Å². The zero-order valence-electron chi connectivity index (χ0n) is 12.6. The second-order valence-electron chi connectivity index (χ2n) is 6.05. The average Bonchev–Trinajstić information content (AvgIpc) is 2.57. The molecule has 0 radical (unpaired) electrons. The van der Waals surface area contributed by atoms with Crippen LogP contribution in [0.2, 0.25) is 0 Å². The fraction of sp³-hybridized carbons (Fsp3) is 0.263. The molecule has 1 atom stereocenters. The molecule has 4 rings (SSSR count). The summed E-state index contributed by atoms with van der Waals surface area (Å²) < 4.78 is 0. The monoisotopic (exact) mass is 287 g/mol. The smallest absolute Gasteiger partial charge is 0.0668 e. The minimum Gasteiger partial charge on any atom is -0.0856 e. The summed E-state index contributed by atoms with van der Waals surface area (Å²) in [6.07, 6.45) is 5.08. The summed E-state index contributed by atoms with van der Waals surface area (Å²) in [6.45, 7) is 2.15. The Kier molecular flexibility index (Phi) is 3.02. The maximum absolute atomic E-state index is 8.91. The Hall–Kier alpha value is -2.51. The lowest BCUT2D eigenvalue weighted by Crippen LogP contribution is -2.13. The Morgan fingerprint density at radius 2 is 1.86 bits per heavy atom. The molecule has 2 aromatic carbocycles. The van der Waals surface area contributed by atoms with E-state index < -0.39 is 0 Å². The SMILES string of the molecule is CC1=CCC(N=[N+]=[N-])c2c1ccc1c2CCc2ccccc2-1. The van der Waals surface area contributed by atoms with Crippen LogP contribution in [-0.2, 0) is 12.8 Å². The van der Waals surface area contributed by atoms with Gasteiger partial charge in [0.2, 0.25) is 0 Å². The van der Waals surface area contributed by atoms with Crippen molar-refractivity contribution in [1.29, 1.82) is 0 Å². The molecule has 3 heteroatoms. The van der Waals surface area contributed by atoms with E-state index in [1.165, 1.54) is 39.0 Å². The van der Waals surface area contributed by atoms with Gasteiger partial charge < -0.3 is 0 Å². The molecular formula is C19H17N3. The van der Waals surface area contributed by atoms with Crippen molar-refractivity contribution < 1.29 is 0 Å². The van der Waals surface area contributed by atoms with E-state index in [1.807, 2.05) is 0 Å². The highest BCUT2D eigenvalue weighted by Crippen LogP contribution is 2.44. The standard InChI is InChI=1S/C19H17N3/c1-12-6-11-18(21-22-20)19-14(12)9-10-16-15-5-3-2-4-13(15)7-8-17(16)19/h2-6,9-10,18H,7-8,11H2,1H3. The van der Waals surface area contributed by atoms with Gasteiger partial charge in [-0.25, -0.2) is 0 Å². The molecule has 0 saturated carbocycles. The lowest BCUT2D eigenvalue weighted by Gasteiger charge is -2.29. The molecule has 2 aromatic rings. The number of allylic oxidation sites excluding steroid dienone is 1. The lowest BCUT2D eigenvalue weighted by molar-refractivity contribution is 0.706. The molecule has 0 N–H and O–H groups in total. The van der Waals surface area contributed by atoms with Crippen LogP contribution >= 0.6 is 0 Å². The Labute approximate surface area is 129 Å².